The first-order valence-corrected chi connectivity index (χ1v) is 6.07. The van der Waals surface area contributed by atoms with Gasteiger partial charge in [0, 0.05) is 25.2 Å². The summed E-state index contributed by atoms with van der Waals surface area (Å²) in [5, 5.41) is 3.49. The number of hydrogen-bond acceptors (Lipinski definition) is 2. The van der Waals surface area contributed by atoms with Crippen LogP contribution in [0, 0.1) is 5.41 Å². The van der Waals surface area contributed by atoms with Crippen molar-refractivity contribution >= 4 is 0 Å². The highest BCUT2D eigenvalue weighted by Gasteiger charge is 2.36. The first-order valence-electron chi connectivity index (χ1n) is 6.07. The summed E-state index contributed by atoms with van der Waals surface area (Å²) in [6, 6.07) is 1.62. The van der Waals surface area contributed by atoms with Crippen LogP contribution in [0.1, 0.15) is 40.0 Å². The minimum absolute atomic E-state index is 0.535. The molecule has 0 aromatic carbocycles. The van der Waals surface area contributed by atoms with Crippen LogP contribution in [0.2, 0.25) is 0 Å². The van der Waals surface area contributed by atoms with Gasteiger partial charge in [0.15, 0.2) is 0 Å². The molecule has 2 heterocycles. The van der Waals surface area contributed by atoms with Gasteiger partial charge in [0.2, 0.25) is 0 Å². The van der Waals surface area contributed by atoms with Gasteiger partial charge in [0.25, 0.3) is 0 Å². The van der Waals surface area contributed by atoms with E-state index in [1.807, 2.05) is 0 Å². The summed E-state index contributed by atoms with van der Waals surface area (Å²) in [6.45, 7) is 10.9. The molecule has 2 aliphatic heterocycles. The zero-order valence-corrected chi connectivity index (χ0v) is 9.84. The maximum Gasteiger partial charge on any atom is 0.00705 e. The van der Waals surface area contributed by atoms with Gasteiger partial charge in [-0.1, -0.05) is 6.92 Å². The lowest BCUT2D eigenvalue weighted by atomic mass is 9.88. The molecule has 2 rings (SSSR count). The Labute approximate surface area is 88.1 Å². The first kappa shape index (κ1) is 10.4. The molecule has 82 valence electrons. The molecule has 3 unspecified atom stereocenters. The van der Waals surface area contributed by atoms with E-state index >= 15 is 0 Å². The molecule has 2 fully saturated rings. The second-order valence-electron chi connectivity index (χ2n) is 5.69. The Morgan fingerprint density at radius 2 is 1.93 bits per heavy atom. The molecule has 0 aliphatic carbocycles. The fourth-order valence-corrected chi connectivity index (χ4v) is 3.00. The summed E-state index contributed by atoms with van der Waals surface area (Å²) in [5.41, 5.74) is 0.535. The Morgan fingerprint density at radius 3 is 2.43 bits per heavy atom. The monoisotopic (exact) mass is 196 g/mol. The summed E-state index contributed by atoms with van der Waals surface area (Å²) < 4.78 is 0. The molecule has 2 heteroatoms. The molecule has 14 heavy (non-hydrogen) atoms. The number of likely N-dealkylation sites (tertiary alicyclic amines) is 1. The Balaban J connectivity index is 1.95. The number of hydrogen-bond donors (Lipinski definition) is 1. The van der Waals surface area contributed by atoms with E-state index in [2.05, 4.69) is 31.0 Å². The molecule has 0 spiro atoms. The lowest BCUT2D eigenvalue weighted by Gasteiger charge is -2.34. The normalized spacial score (nSPS) is 44.8. The smallest absolute Gasteiger partial charge is 0.00705 e. The van der Waals surface area contributed by atoms with Crippen LogP contribution in [0.25, 0.3) is 0 Å². The molecule has 0 amide bonds. The average Bonchev–Trinajstić information content (AvgIpc) is 2.68. The van der Waals surface area contributed by atoms with Crippen LogP contribution in [-0.2, 0) is 0 Å². The number of nitrogens with one attached hydrogen (secondary N) is 1. The standard InChI is InChI=1S/C12H24N2/c1-10-4-5-11(2)14(10)9-12(3)6-7-13-8-12/h10-11,13H,4-9H2,1-3H3. The van der Waals surface area contributed by atoms with Crippen molar-refractivity contribution in [1.82, 2.24) is 10.2 Å². The van der Waals surface area contributed by atoms with Crippen molar-refractivity contribution < 1.29 is 0 Å². The quantitative estimate of drug-likeness (QED) is 0.725. The van der Waals surface area contributed by atoms with E-state index in [9.17, 15) is 0 Å². The van der Waals surface area contributed by atoms with Crippen LogP contribution >= 0.6 is 0 Å². The van der Waals surface area contributed by atoms with Crippen LogP contribution < -0.4 is 5.32 Å². The molecule has 0 aromatic rings. The van der Waals surface area contributed by atoms with E-state index in [4.69, 9.17) is 0 Å². The van der Waals surface area contributed by atoms with Crippen LogP contribution in [0.3, 0.4) is 0 Å². The zero-order valence-electron chi connectivity index (χ0n) is 9.84. The summed E-state index contributed by atoms with van der Waals surface area (Å²) >= 11 is 0. The minimum atomic E-state index is 0.535. The lowest BCUT2D eigenvalue weighted by Crippen LogP contribution is -2.42. The second kappa shape index (κ2) is 3.82. The van der Waals surface area contributed by atoms with Crippen molar-refractivity contribution in [2.75, 3.05) is 19.6 Å². The molecule has 2 saturated heterocycles. The van der Waals surface area contributed by atoms with Gasteiger partial charge in [-0.3, -0.25) is 4.90 Å². The zero-order chi connectivity index (χ0) is 10.2. The maximum absolute atomic E-state index is 3.49. The third kappa shape index (κ3) is 1.96. The molecular formula is C12H24N2. The molecule has 3 atom stereocenters. The van der Waals surface area contributed by atoms with Crippen LogP contribution in [0.5, 0.6) is 0 Å². The van der Waals surface area contributed by atoms with Crippen LogP contribution in [-0.4, -0.2) is 36.6 Å². The highest BCUT2D eigenvalue weighted by Crippen LogP contribution is 2.31. The summed E-state index contributed by atoms with van der Waals surface area (Å²) in [4.78, 5) is 2.72. The topological polar surface area (TPSA) is 15.3 Å². The predicted octanol–water partition coefficient (Wildman–Crippen LogP) is 1.86. The van der Waals surface area contributed by atoms with Crippen molar-refractivity contribution in [2.24, 2.45) is 5.41 Å². The second-order valence-corrected chi connectivity index (χ2v) is 5.69. The van der Waals surface area contributed by atoms with Crippen molar-refractivity contribution in [3.05, 3.63) is 0 Å². The van der Waals surface area contributed by atoms with Gasteiger partial charge in [0.1, 0.15) is 0 Å². The van der Waals surface area contributed by atoms with Crippen molar-refractivity contribution in [1.29, 1.82) is 0 Å². The lowest BCUT2D eigenvalue weighted by molar-refractivity contribution is 0.138. The molecule has 1 N–H and O–H groups in total. The van der Waals surface area contributed by atoms with E-state index in [1.54, 1.807) is 0 Å². The highest BCUT2D eigenvalue weighted by molar-refractivity contribution is 4.91. The first-order chi connectivity index (χ1) is 6.61. The van der Waals surface area contributed by atoms with Gasteiger partial charge in [-0.05, 0) is 45.1 Å². The third-order valence-corrected chi connectivity index (χ3v) is 4.16. The largest absolute Gasteiger partial charge is 0.316 e. The fourth-order valence-electron chi connectivity index (χ4n) is 3.00. The molecule has 0 saturated carbocycles. The average molecular weight is 196 g/mol. The molecular weight excluding hydrogens is 172 g/mol. The Morgan fingerprint density at radius 1 is 1.29 bits per heavy atom. The molecule has 0 radical (unpaired) electrons. The van der Waals surface area contributed by atoms with E-state index in [-0.39, 0.29) is 0 Å². The van der Waals surface area contributed by atoms with Gasteiger partial charge in [-0.15, -0.1) is 0 Å². The molecule has 0 aromatic heterocycles. The maximum atomic E-state index is 3.49. The van der Waals surface area contributed by atoms with E-state index in [1.165, 1.54) is 38.9 Å². The Kier molecular flexibility index (Phi) is 2.85. The van der Waals surface area contributed by atoms with Crippen molar-refractivity contribution in [2.45, 2.75) is 52.1 Å². The number of nitrogens with zero attached hydrogens (tertiary/aromatic N) is 1. The minimum Gasteiger partial charge on any atom is -0.316 e. The van der Waals surface area contributed by atoms with E-state index in [0.717, 1.165) is 12.1 Å². The molecule has 2 nitrogen and oxygen atoms in total. The predicted molar refractivity (Wildman–Crippen MR) is 60.5 cm³/mol. The van der Waals surface area contributed by atoms with Crippen LogP contribution in [0.4, 0.5) is 0 Å². The third-order valence-electron chi connectivity index (χ3n) is 4.16. The van der Waals surface area contributed by atoms with Crippen molar-refractivity contribution in [3.8, 4) is 0 Å². The summed E-state index contributed by atoms with van der Waals surface area (Å²) in [7, 11) is 0. The highest BCUT2D eigenvalue weighted by atomic mass is 15.2. The molecule has 0 bridgehead atoms. The fraction of sp³-hybridized carbons (Fsp3) is 1.00. The van der Waals surface area contributed by atoms with Crippen molar-refractivity contribution in [3.63, 3.8) is 0 Å². The van der Waals surface area contributed by atoms with Gasteiger partial charge in [-0.25, -0.2) is 0 Å². The Bertz CT molecular complexity index is 186. The SMILES string of the molecule is CC1CCC(C)N1CC1(C)CCNC1. The van der Waals surface area contributed by atoms with Gasteiger partial charge >= 0.3 is 0 Å². The summed E-state index contributed by atoms with van der Waals surface area (Å²) in [6.07, 6.45) is 4.14. The van der Waals surface area contributed by atoms with E-state index < -0.39 is 0 Å². The Hall–Kier alpha value is -0.0800. The van der Waals surface area contributed by atoms with E-state index in [0.29, 0.717) is 5.41 Å². The van der Waals surface area contributed by atoms with Gasteiger partial charge in [-0.2, -0.15) is 0 Å². The molecule has 2 aliphatic rings. The summed E-state index contributed by atoms with van der Waals surface area (Å²) in [5.74, 6) is 0. The van der Waals surface area contributed by atoms with Gasteiger partial charge in [0.05, 0.1) is 0 Å². The van der Waals surface area contributed by atoms with Crippen LogP contribution in [0.15, 0.2) is 0 Å². The number of rotatable bonds is 2. The van der Waals surface area contributed by atoms with Gasteiger partial charge < -0.3 is 5.32 Å².